The number of halogens is 1. The van der Waals surface area contributed by atoms with Crippen molar-refractivity contribution in [2.24, 2.45) is 5.92 Å². The normalized spacial score (nSPS) is 15.7. The standard InChI is InChI=1S/C13H18ClN3O/c1-15-12-11(14)6-10(8-16-12)13(18)17-7-9-4-2-3-5-9/h6,8-9H,2-5,7H2,1H3,(H,15,16)(H,17,18). The molecule has 0 unspecified atom stereocenters. The zero-order valence-corrected chi connectivity index (χ0v) is 11.3. The summed E-state index contributed by atoms with van der Waals surface area (Å²) in [5, 5.41) is 6.27. The fourth-order valence-corrected chi connectivity index (χ4v) is 2.56. The SMILES string of the molecule is CNc1ncc(C(=O)NCC2CCCC2)cc1Cl. The van der Waals surface area contributed by atoms with Gasteiger partial charge in [0, 0.05) is 19.8 Å². The number of rotatable bonds is 4. The summed E-state index contributed by atoms with van der Waals surface area (Å²) in [5.74, 6) is 1.12. The van der Waals surface area contributed by atoms with Gasteiger partial charge in [0.15, 0.2) is 0 Å². The number of hydrogen-bond donors (Lipinski definition) is 2. The Labute approximate surface area is 112 Å². The first kappa shape index (κ1) is 13.1. The van der Waals surface area contributed by atoms with Crippen molar-refractivity contribution in [2.75, 3.05) is 18.9 Å². The van der Waals surface area contributed by atoms with Crippen molar-refractivity contribution in [3.05, 3.63) is 22.8 Å². The molecule has 1 fully saturated rings. The number of aromatic nitrogens is 1. The Bertz CT molecular complexity index is 430. The second-order valence-electron chi connectivity index (χ2n) is 4.66. The average Bonchev–Trinajstić information content (AvgIpc) is 2.89. The smallest absolute Gasteiger partial charge is 0.252 e. The van der Waals surface area contributed by atoms with Gasteiger partial charge in [-0.15, -0.1) is 0 Å². The zero-order valence-electron chi connectivity index (χ0n) is 10.5. The average molecular weight is 268 g/mol. The van der Waals surface area contributed by atoms with Gasteiger partial charge in [-0.2, -0.15) is 0 Å². The van der Waals surface area contributed by atoms with Crippen molar-refractivity contribution in [3.63, 3.8) is 0 Å². The van der Waals surface area contributed by atoms with E-state index in [-0.39, 0.29) is 5.91 Å². The molecule has 1 aromatic rings. The minimum absolute atomic E-state index is 0.0982. The van der Waals surface area contributed by atoms with E-state index in [0.717, 1.165) is 6.54 Å². The van der Waals surface area contributed by atoms with E-state index in [1.807, 2.05) is 0 Å². The molecule has 2 rings (SSSR count). The Morgan fingerprint density at radius 2 is 2.22 bits per heavy atom. The summed E-state index contributed by atoms with van der Waals surface area (Å²) in [6.07, 6.45) is 6.55. The van der Waals surface area contributed by atoms with Crippen LogP contribution in [0.1, 0.15) is 36.0 Å². The van der Waals surface area contributed by atoms with Crippen molar-refractivity contribution in [1.82, 2.24) is 10.3 Å². The number of carbonyl (C=O) groups excluding carboxylic acids is 1. The summed E-state index contributed by atoms with van der Waals surface area (Å²) < 4.78 is 0. The minimum Gasteiger partial charge on any atom is -0.372 e. The molecule has 98 valence electrons. The third kappa shape index (κ3) is 3.13. The molecular weight excluding hydrogens is 250 g/mol. The van der Waals surface area contributed by atoms with Gasteiger partial charge in [-0.05, 0) is 24.8 Å². The summed E-state index contributed by atoms with van der Waals surface area (Å²) in [6.45, 7) is 0.754. The van der Waals surface area contributed by atoms with Crippen molar-refractivity contribution < 1.29 is 4.79 Å². The number of nitrogens with one attached hydrogen (secondary N) is 2. The van der Waals surface area contributed by atoms with Crippen LogP contribution in [-0.4, -0.2) is 24.5 Å². The van der Waals surface area contributed by atoms with Crippen LogP contribution in [0, 0.1) is 5.92 Å². The third-order valence-electron chi connectivity index (χ3n) is 3.37. The quantitative estimate of drug-likeness (QED) is 0.882. The number of carbonyl (C=O) groups is 1. The van der Waals surface area contributed by atoms with Crippen LogP contribution in [0.3, 0.4) is 0 Å². The van der Waals surface area contributed by atoms with E-state index in [1.165, 1.54) is 25.7 Å². The van der Waals surface area contributed by atoms with Gasteiger partial charge in [-0.25, -0.2) is 4.98 Å². The molecule has 0 spiro atoms. The summed E-state index contributed by atoms with van der Waals surface area (Å²) in [7, 11) is 1.74. The molecule has 1 saturated carbocycles. The van der Waals surface area contributed by atoms with Gasteiger partial charge < -0.3 is 10.6 Å². The van der Waals surface area contributed by atoms with Crippen LogP contribution in [0.15, 0.2) is 12.3 Å². The van der Waals surface area contributed by atoms with E-state index in [0.29, 0.717) is 22.3 Å². The monoisotopic (exact) mass is 267 g/mol. The Morgan fingerprint density at radius 1 is 1.50 bits per heavy atom. The van der Waals surface area contributed by atoms with Crippen molar-refractivity contribution in [2.45, 2.75) is 25.7 Å². The molecule has 1 aliphatic carbocycles. The van der Waals surface area contributed by atoms with Gasteiger partial charge in [-0.3, -0.25) is 4.79 Å². The Kier molecular flexibility index (Phi) is 4.42. The van der Waals surface area contributed by atoms with Gasteiger partial charge in [0.25, 0.3) is 5.91 Å². The number of amides is 1. The first-order valence-electron chi connectivity index (χ1n) is 6.32. The lowest BCUT2D eigenvalue weighted by molar-refractivity contribution is 0.0947. The summed E-state index contributed by atoms with van der Waals surface area (Å²) >= 11 is 6.00. The van der Waals surface area contributed by atoms with Crippen molar-refractivity contribution >= 4 is 23.3 Å². The lowest BCUT2D eigenvalue weighted by Gasteiger charge is -2.11. The van der Waals surface area contributed by atoms with Crippen LogP contribution in [0.4, 0.5) is 5.82 Å². The zero-order chi connectivity index (χ0) is 13.0. The second kappa shape index (κ2) is 6.05. The fourth-order valence-electron chi connectivity index (χ4n) is 2.30. The molecule has 1 amide bonds. The second-order valence-corrected chi connectivity index (χ2v) is 5.07. The highest BCUT2D eigenvalue weighted by atomic mass is 35.5. The molecule has 0 atom stereocenters. The van der Waals surface area contributed by atoms with Crippen LogP contribution in [0.25, 0.3) is 0 Å². The van der Waals surface area contributed by atoms with Crippen LogP contribution >= 0.6 is 11.6 Å². The molecule has 18 heavy (non-hydrogen) atoms. The molecule has 4 nitrogen and oxygen atoms in total. The predicted molar refractivity (Wildman–Crippen MR) is 73.1 cm³/mol. The lowest BCUT2D eigenvalue weighted by Crippen LogP contribution is -2.28. The van der Waals surface area contributed by atoms with Gasteiger partial charge in [0.2, 0.25) is 0 Å². The van der Waals surface area contributed by atoms with E-state index in [4.69, 9.17) is 11.6 Å². The largest absolute Gasteiger partial charge is 0.372 e. The number of nitrogens with zero attached hydrogens (tertiary/aromatic N) is 1. The van der Waals surface area contributed by atoms with Crippen molar-refractivity contribution in [3.8, 4) is 0 Å². The number of hydrogen-bond acceptors (Lipinski definition) is 3. The van der Waals surface area contributed by atoms with Crippen LogP contribution in [-0.2, 0) is 0 Å². The van der Waals surface area contributed by atoms with Gasteiger partial charge in [0.05, 0.1) is 10.6 Å². The molecule has 0 aliphatic heterocycles. The third-order valence-corrected chi connectivity index (χ3v) is 3.65. The molecular formula is C13H18ClN3O. The minimum atomic E-state index is -0.0982. The van der Waals surface area contributed by atoms with E-state index in [2.05, 4.69) is 15.6 Å². The molecule has 5 heteroatoms. The molecule has 1 aliphatic rings. The van der Waals surface area contributed by atoms with Crippen LogP contribution in [0.5, 0.6) is 0 Å². The topological polar surface area (TPSA) is 54.0 Å². The molecule has 0 saturated heterocycles. The first-order chi connectivity index (χ1) is 8.70. The highest BCUT2D eigenvalue weighted by Gasteiger charge is 2.16. The van der Waals surface area contributed by atoms with Crippen LogP contribution in [0.2, 0.25) is 5.02 Å². The highest BCUT2D eigenvalue weighted by molar-refractivity contribution is 6.33. The summed E-state index contributed by atoms with van der Waals surface area (Å²) in [6, 6.07) is 1.64. The maximum atomic E-state index is 11.9. The summed E-state index contributed by atoms with van der Waals surface area (Å²) in [5.41, 5.74) is 0.511. The van der Waals surface area contributed by atoms with Gasteiger partial charge in [-0.1, -0.05) is 24.4 Å². The molecule has 2 N–H and O–H groups in total. The number of anilines is 1. The molecule has 0 bridgehead atoms. The lowest BCUT2D eigenvalue weighted by atomic mass is 10.1. The number of pyridine rings is 1. The molecule has 1 aromatic heterocycles. The molecule has 0 radical (unpaired) electrons. The van der Waals surface area contributed by atoms with Gasteiger partial charge in [0.1, 0.15) is 5.82 Å². The predicted octanol–water partition coefficient (Wildman–Crippen LogP) is 2.70. The van der Waals surface area contributed by atoms with E-state index in [9.17, 15) is 4.79 Å². The van der Waals surface area contributed by atoms with Gasteiger partial charge >= 0.3 is 0 Å². The highest BCUT2D eigenvalue weighted by Crippen LogP contribution is 2.24. The van der Waals surface area contributed by atoms with E-state index in [1.54, 1.807) is 19.3 Å². The maximum Gasteiger partial charge on any atom is 0.252 e. The maximum absolute atomic E-state index is 11.9. The fraction of sp³-hybridized carbons (Fsp3) is 0.538. The van der Waals surface area contributed by atoms with Crippen molar-refractivity contribution in [1.29, 1.82) is 0 Å². The molecule has 1 heterocycles. The Hall–Kier alpha value is -1.29. The summed E-state index contributed by atoms with van der Waals surface area (Å²) in [4.78, 5) is 16.0. The molecule has 0 aromatic carbocycles. The Morgan fingerprint density at radius 3 is 2.83 bits per heavy atom. The Balaban J connectivity index is 1.93. The first-order valence-corrected chi connectivity index (χ1v) is 6.70. The van der Waals surface area contributed by atoms with Crippen LogP contribution < -0.4 is 10.6 Å². The van der Waals surface area contributed by atoms with E-state index < -0.39 is 0 Å². The van der Waals surface area contributed by atoms with E-state index >= 15 is 0 Å².